The number of fused-ring (bicyclic) bond motifs is 2. The number of anilines is 1. The summed E-state index contributed by atoms with van der Waals surface area (Å²) in [5.41, 5.74) is 2.34. The van der Waals surface area contributed by atoms with Crippen molar-refractivity contribution < 1.29 is 28.8 Å². The summed E-state index contributed by atoms with van der Waals surface area (Å²) in [6.45, 7) is 11.1. The van der Waals surface area contributed by atoms with Crippen LogP contribution in [0.5, 0.6) is 0 Å². The van der Waals surface area contributed by atoms with Gasteiger partial charge in [0.05, 0.1) is 6.61 Å². The first kappa shape index (κ1) is 24.0. The number of ether oxygens (including phenoxy) is 3. The molecule has 5 aliphatic rings. The Morgan fingerprint density at radius 1 is 1.15 bits per heavy atom. The predicted molar refractivity (Wildman–Crippen MR) is 126 cm³/mol. The molecule has 4 heterocycles. The van der Waals surface area contributed by atoms with Gasteiger partial charge in [0.25, 0.3) is 0 Å². The fraction of sp³-hybridized carbons (Fsp3) is 0.731. The van der Waals surface area contributed by atoms with E-state index in [-0.39, 0.29) is 17.9 Å². The number of hydrogen-bond donors (Lipinski definition) is 2. The lowest BCUT2D eigenvalue weighted by Gasteiger charge is -2.60. The van der Waals surface area contributed by atoms with E-state index in [2.05, 4.69) is 24.5 Å². The molecule has 8 atom stereocenters. The molecule has 8 nitrogen and oxygen atoms in total. The Morgan fingerprint density at radius 2 is 1.97 bits per heavy atom. The molecular weight excluding hydrogens is 436 g/mol. The Balaban J connectivity index is 1.19. The molecular formula is C26H38N2O6. The highest BCUT2D eigenvalue weighted by atomic mass is 17.3. The number of urea groups is 1. The van der Waals surface area contributed by atoms with E-state index < -0.39 is 24.0 Å². The maximum atomic E-state index is 12.4. The van der Waals surface area contributed by atoms with Gasteiger partial charge in [-0.05, 0) is 69.1 Å². The average molecular weight is 475 g/mol. The van der Waals surface area contributed by atoms with Gasteiger partial charge in [-0.25, -0.2) is 14.6 Å². The van der Waals surface area contributed by atoms with Crippen LogP contribution >= 0.6 is 0 Å². The van der Waals surface area contributed by atoms with Crippen LogP contribution in [0.2, 0.25) is 0 Å². The third kappa shape index (κ3) is 4.13. The van der Waals surface area contributed by atoms with Gasteiger partial charge in [0.2, 0.25) is 5.79 Å². The minimum atomic E-state index is -0.795. The highest BCUT2D eigenvalue weighted by Crippen LogP contribution is 2.60. The molecule has 1 aromatic carbocycles. The Labute approximate surface area is 201 Å². The molecule has 4 saturated heterocycles. The van der Waals surface area contributed by atoms with Crippen LogP contribution in [-0.2, 0) is 24.0 Å². The topological polar surface area (TPSA) is 87.3 Å². The van der Waals surface area contributed by atoms with E-state index >= 15 is 0 Å². The lowest BCUT2D eigenvalue weighted by Crippen LogP contribution is -2.70. The van der Waals surface area contributed by atoms with Crippen molar-refractivity contribution in [1.82, 2.24) is 5.32 Å². The molecule has 0 radical (unpaired) electrons. The third-order valence-corrected chi connectivity index (χ3v) is 8.41. The van der Waals surface area contributed by atoms with Crippen LogP contribution in [0.15, 0.2) is 18.2 Å². The second-order valence-corrected chi connectivity index (χ2v) is 10.8. The molecule has 2 amide bonds. The van der Waals surface area contributed by atoms with Crippen LogP contribution in [-0.4, -0.2) is 43.2 Å². The fourth-order valence-electron chi connectivity index (χ4n) is 6.44. The van der Waals surface area contributed by atoms with Crippen molar-refractivity contribution in [2.24, 2.45) is 23.7 Å². The van der Waals surface area contributed by atoms with Gasteiger partial charge in [-0.2, -0.15) is 0 Å². The van der Waals surface area contributed by atoms with Crippen LogP contribution in [0.1, 0.15) is 57.6 Å². The Bertz CT molecular complexity index is 927. The molecule has 0 aromatic heterocycles. The third-order valence-electron chi connectivity index (χ3n) is 8.41. The first-order valence-corrected chi connectivity index (χ1v) is 12.7. The smallest absolute Gasteiger partial charge is 0.319 e. The van der Waals surface area contributed by atoms with Gasteiger partial charge < -0.3 is 24.8 Å². The standard InChI is InChI=1S/C26H38N2O6/c1-15-6-7-17(3)21(14-15)28-24(29)27-12-13-30-22-18(4)20-9-8-16(2)19-10-11-25(5)32-23(31-22)26(19,20)34-33-25/h6-7,14,16,18-20,22-23H,8-13H2,1-5H3,(H2,27,28,29)/t16-,18-,19+,20+,22-,23-,25+,26-/m1/s1. The number of carbonyl (C=O) groups is 1. The van der Waals surface area contributed by atoms with Crippen LogP contribution in [0.4, 0.5) is 10.5 Å². The average Bonchev–Trinajstić information content (AvgIpc) is 3.03. The molecule has 6 rings (SSSR count). The molecule has 1 saturated carbocycles. The maximum absolute atomic E-state index is 12.4. The molecule has 188 valence electrons. The number of nitrogens with one attached hydrogen (secondary N) is 2. The van der Waals surface area contributed by atoms with E-state index in [1.807, 2.05) is 39.0 Å². The van der Waals surface area contributed by atoms with Crippen molar-refractivity contribution in [3.05, 3.63) is 29.3 Å². The van der Waals surface area contributed by atoms with E-state index in [1.54, 1.807) is 0 Å². The fourth-order valence-corrected chi connectivity index (χ4v) is 6.44. The van der Waals surface area contributed by atoms with Gasteiger partial charge in [-0.3, -0.25) is 0 Å². The summed E-state index contributed by atoms with van der Waals surface area (Å²) in [5.74, 6) is 0.403. The Morgan fingerprint density at radius 3 is 2.79 bits per heavy atom. The van der Waals surface area contributed by atoms with E-state index in [4.69, 9.17) is 24.0 Å². The summed E-state index contributed by atoms with van der Waals surface area (Å²) in [5, 5.41) is 5.78. The number of rotatable bonds is 5. The normalized spacial score (nSPS) is 40.9. The van der Waals surface area contributed by atoms with E-state index in [0.29, 0.717) is 25.0 Å². The van der Waals surface area contributed by atoms with Crippen LogP contribution in [0.3, 0.4) is 0 Å². The molecule has 5 fully saturated rings. The number of carbonyl (C=O) groups excluding carboxylic acids is 1. The van der Waals surface area contributed by atoms with E-state index in [1.165, 1.54) is 0 Å². The molecule has 0 unspecified atom stereocenters. The minimum absolute atomic E-state index is 0.115. The van der Waals surface area contributed by atoms with Crippen molar-refractivity contribution in [3.63, 3.8) is 0 Å². The van der Waals surface area contributed by atoms with E-state index in [0.717, 1.165) is 42.5 Å². The van der Waals surface area contributed by atoms with Crippen LogP contribution < -0.4 is 10.6 Å². The van der Waals surface area contributed by atoms with Crippen LogP contribution in [0, 0.1) is 37.5 Å². The first-order chi connectivity index (χ1) is 16.2. The summed E-state index contributed by atoms with van der Waals surface area (Å²) < 4.78 is 18.9. The number of aryl methyl sites for hydroxylation is 2. The zero-order valence-corrected chi connectivity index (χ0v) is 20.9. The monoisotopic (exact) mass is 474 g/mol. The lowest BCUT2D eigenvalue weighted by atomic mass is 9.58. The summed E-state index contributed by atoms with van der Waals surface area (Å²) in [7, 11) is 0. The second kappa shape index (κ2) is 9.06. The van der Waals surface area contributed by atoms with Crippen LogP contribution in [0.25, 0.3) is 0 Å². The highest BCUT2D eigenvalue weighted by Gasteiger charge is 2.69. The summed E-state index contributed by atoms with van der Waals surface area (Å²) in [6.07, 6.45) is 3.03. The largest absolute Gasteiger partial charge is 0.350 e. The number of hydrogen-bond acceptors (Lipinski definition) is 6. The second-order valence-electron chi connectivity index (χ2n) is 10.8. The molecule has 1 spiro atoms. The zero-order chi connectivity index (χ0) is 24.1. The Kier molecular flexibility index (Phi) is 6.40. The van der Waals surface area contributed by atoms with Gasteiger partial charge >= 0.3 is 6.03 Å². The molecule has 2 bridgehead atoms. The maximum Gasteiger partial charge on any atom is 0.319 e. The molecule has 2 N–H and O–H groups in total. The van der Waals surface area contributed by atoms with Gasteiger partial charge in [0.1, 0.15) is 0 Å². The SMILES string of the molecule is Cc1ccc(C)c(NC(=O)NCCO[C@@H]2O[C@@H]3O[C@]4(C)CC[C@H]5[C@H](C)CC[C@@H]([C@H]2C)[C@@]35OO4)c1. The summed E-state index contributed by atoms with van der Waals surface area (Å²) >= 11 is 0. The van der Waals surface area contributed by atoms with Gasteiger partial charge in [0.15, 0.2) is 18.2 Å². The number of amides is 2. The van der Waals surface area contributed by atoms with Gasteiger partial charge in [0, 0.05) is 30.5 Å². The minimum Gasteiger partial charge on any atom is -0.350 e. The lowest BCUT2D eigenvalue weighted by molar-refractivity contribution is -0.577. The molecule has 34 heavy (non-hydrogen) atoms. The van der Waals surface area contributed by atoms with Crippen molar-refractivity contribution in [3.8, 4) is 0 Å². The van der Waals surface area contributed by atoms with Crippen molar-refractivity contribution in [2.45, 2.75) is 84.3 Å². The summed E-state index contributed by atoms with van der Waals surface area (Å²) in [6, 6.07) is 5.74. The molecule has 4 aliphatic heterocycles. The molecule has 8 heteroatoms. The Hall–Kier alpha value is -1.71. The number of benzene rings is 1. The van der Waals surface area contributed by atoms with E-state index in [9.17, 15) is 4.79 Å². The summed E-state index contributed by atoms with van der Waals surface area (Å²) in [4.78, 5) is 24.4. The first-order valence-electron chi connectivity index (χ1n) is 12.7. The molecule has 1 aromatic rings. The van der Waals surface area contributed by atoms with Crippen molar-refractivity contribution in [2.75, 3.05) is 18.5 Å². The quantitative estimate of drug-likeness (QED) is 0.477. The highest BCUT2D eigenvalue weighted by molar-refractivity contribution is 5.90. The van der Waals surface area contributed by atoms with Crippen molar-refractivity contribution in [1.29, 1.82) is 0 Å². The van der Waals surface area contributed by atoms with Gasteiger partial charge in [-0.1, -0.05) is 26.0 Å². The van der Waals surface area contributed by atoms with Crippen molar-refractivity contribution >= 4 is 11.7 Å². The molecule has 1 aliphatic carbocycles. The van der Waals surface area contributed by atoms with Gasteiger partial charge in [-0.15, -0.1) is 0 Å². The zero-order valence-electron chi connectivity index (χ0n) is 20.9. The predicted octanol–water partition coefficient (Wildman–Crippen LogP) is 4.65.